The number of allylic oxidation sites excluding steroid dienone is 2. The molecule has 2 heteroatoms. The zero-order chi connectivity index (χ0) is 15.2. The van der Waals surface area contributed by atoms with E-state index in [-0.39, 0.29) is 0 Å². The first-order valence-corrected chi connectivity index (χ1v) is 7.81. The Hall–Kier alpha value is -1.83. The van der Waals surface area contributed by atoms with Crippen LogP contribution in [-0.4, -0.2) is 18.8 Å². The number of rotatable bonds is 4. The number of aliphatic imine (C=N–C) groups is 1. The van der Waals surface area contributed by atoms with E-state index in [0.29, 0.717) is 0 Å². The second-order valence-electron chi connectivity index (χ2n) is 5.87. The summed E-state index contributed by atoms with van der Waals surface area (Å²) in [5, 5.41) is 0. The molecule has 0 saturated carbocycles. The van der Waals surface area contributed by atoms with Crippen LogP contribution in [0.2, 0.25) is 0 Å². The number of para-hydroxylation sites is 1. The van der Waals surface area contributed by atoms with Gasteiger partial charge >= 0.3 is 0 Å². The first-order valence-electron chi connectivity index (χ1n) is 7.81. The van der Waals surface area contributed by atoms with Crippen LogP contribution in [-0.2, 0) is 0 Å². The minimum Gasteiger partial charge on any atom is -0.371 e. The molecule has 112 valence electrons. The van der Waals surface area contributed by atoms with Crippen LogP contribution in [0.1, 0.15) is 45.6 Å². The van der Waals surface area contributed by atoms with Crippen molar-refractivity contribution in [3.8, 4) is 0 Å². The molecular weight excluding hydrogens is 256 g/mol. The van der Waals surface area contributed by atoms with Crippen molar-refractivity contribution in [2.45, 2.75) is 40.0 Å². The molecule has 1 saturated heterocycles. The van der Waals surface area contributed by atoms with Gasteiger partial charge in [0.1, 0.15) is 0 Å². The minimum absolute atomic E-state index is 0.991. The van der Waals surface area contributed by atoms with Gasteiger partial charge in [-0.15, -0.1) is 0 Å². The van der Waals surface area contributed by atoms with Gasteiger partial charge in [0.2, 0.25) is 0 Å². The predicted molar refractivity (Wildman–Crippen MR) is 94.1 cm³/mol. The molecule has 2 rings (SSSR count). The van der Waals surface area contributed by atoms with Crippen LogP contribution in [0.5, 0.6) is 0 Å². The van der Waals surface area contributed by atoms with Crippen molar-refractivity contribution in [1.82, 2.24) is 0 Å². The van der Waals surface area contributed by atoms with Crippen LogP contribution >= 0.6 is 0 Å². The van der Waals surface area contributed by atoms with Gasteiger partial charge < -0.3 is 4.90 Å². The smallest absolute Gasteiger partial charge is 0.0443 e. The molecule has 0 unspecified atom stereocenters. The quantitative estimate of drug-likeness (QED) is 0.704. The number of anilines is 1. The van der Waals surface area contributed by atoms with E-state index in [1.807, 2.05) is 20.0 Å². The zero-order valence-corrected chi connectivity index (χ0v) is 13.5. The molecule has 0 aliphatic carbocycles. The van der Waals surface area contributed by atoms with Crippen molar-refractivity contribution < 1.29 is 0 Å². The van der Waals surface area contributed by atoms with Crippen LogP contribution in [0, 0.1) is 0 Å². The van der Waals surface area contributed by atoms with Gasteiger partial charge in [-0.2, -0.15) is 0 Å². The monoisotopic (exact) mass is 282 g/mol. The van der Waals surface area contributed by atoms with Gasteiger partial charge in [0.15, 0.2) is 0 Å². The molecule has 1 aromatic rings. The van der Waals surface area contributed by atoms with Crippen molar-refractivity contribution in [3.05, 3.63) is 48.2 Å². The van der Waals surface area contributed by atoms with Gasteiger partial charge in [0, 0.05) is 36.3 Å². The van der Waals surface area contributed by atoms with Gasteiger partial charge in [-0.3, -0.25) is 4.99 Å². The van der Waals surface area contributed by atoms with Crippen molar-refractivity contribution >= 4 is 17.0 Å². The lowest BCUT2D eigenvalue weighted by molar-refractivity contribution is 0.577. The number of nitrogens with zero attached hydrogens (tertiary/aromatic N) is 2. The fourth-order valence-electron chi connectivity index (χ4n) is 2.59. The van der Waals surface area contributed by atoms with E-state index in [9.17, 15) is 0 Å². The largest absolute Gasteiger partial charge is 0.371 e. The van der Waals surface area contributed by atoms with E-state index >= 15 is 0 Å². The molecular formula is C19H26N2. The Morgan fingerprint density at radius 1 is 1.10 bits per heavy atom. The lowest BCUT2D eigenvalue weighted by atomic mass is 10.0. The topological polar surface area (TPSA) is 15.6 Å². The third kappa shape index (κ3) is 4.07. The van der Waals surface area contributed by atoms with E-state index in [1.165, 1.54) is 49.2 Å². The molecule has 1 aromatic carbocycles. The fourth-order valence-corrected chi connectivity index (χ4v) is 2.59. The van der Waals surface area contributed by atoms with E-state index in [2.05, 4.69) is 47.7 Å². The maximum Gasteiger partial charge on any atom is 0.0443 e. The molecule has 0 spiro atoms. The Morgan fingerprint density at radius 3 is 2.43 bits per heavy atom. The molecule has 0 aromatic heterocycles. The Kier molecular flexibility index (Phi) is 5.38. The summed E-state index contributed by atoms with van der Waals surface area (Å²) in [5.41, 5.74) is 5.84. The lowest BCUT2D eigenvalue weighted by Gasteiger charge is -2.30. The highest BCUT2D eigenvalue weighted by Crippen LogP contribution is 2.29. The zero-order valence-electron chi connectivity index (χ0n) is 13.5. The first-order chi connectivity index (χ1) is 10.1. The summed E-state index contributed by atoms with van der Waals surface area (Å²) >= 11 is 0. The highest BCUT2D eigenvalue weighted by molar-refractivity contribution is 5.97. The van der Waals surface area contributed by atoms with Crippen LogP contribution in [0.15, 0.2) is 47.6 Å². The summed E-state index contributed by atoms with van der Waals surface area (Å²) in [6.07, 6.45) is 5.91. The Labute approximate surface area is 128 Å². The highest BCUT2D eigenvalue weighted by Gasteiger charge is 2.14. The second kappa shape index (κ2) is 7.26. The minimum atomic E-state index is 0.991. The van der Waals surface area contributed by atoms with E-state index < -0.39 is 0 Å². The molecule has 1 aliphatic rings. The van der Waals surface area contributed by atoms with Crippen molar-refractivity contribution in [2.75, 3.05) is 18.0 Å². The van der Waals surface area contributed by atoms with Gasteiger partial charge in [0.05, 0.1) is 0 Å². The van der Waals surface area contributed by atoms with E-state index in [4.69, 9.17) is 0 Å². The molecule has 0 bridgehead atoms. The summed E-state index contributed by atoms with van der Waals surface area (Å²) in [5.74, 6) is 0. The number of benzene rings is 1. The van der Waals surface area contributed by atoms with Gasteiger partial charge in [-0.1, -0.05) is 24.8 Å². The summed E-state index contributed by atoms with van der Waals surface area (Å²) in [4.78, 5) is 7.03. The number of hydrogen-bond donors (Lipinski definition) is 0. The standard InChI is InChI=1S/C19H26N2/c1-15(2)17(4)20-14-16(3)18-10-6-7-11-19(18)21-12-8-5-9-13-21/h6-7,10-11,14H,1,5,8-9,12-13H2,2-4H3/b16-14+,20-17?. The molecule has 1 heterocycles. The molecule has 0 radical (unpaired) electrons. The maximum atomic E-state index is 4.52. The summed E-state index contributed by atoms with van der Waals surface area (Å²) < 4.78 is 0. The van der Waals surface area contributed by atoms with Crippen molar-refractivity contribution in [1.29, 1.82) is 0 Å². The second-order valence-corrected chi connectivity index (χ2v) is 5.87. The maximum absolute atomic E-state index is 4.52. The molecule has 0 amide bonds. The van der Waals surface area contributed by atoms with Gasteiger partial charge in [-0.05, 0) is 57.2 Å². The Morgan fingerprint density at radius 2 is 1.76 bits per heavy atom. The Balaban J connectivity index is 2.28. The highest BCUT2D eigenvalue weighted by atomic mass is 15.1. The Bertz CT molecular complexity index is 561. The predicted octanol–water partition coefficient (Wildman–Crippen LogP) is 5.07. The first kappa shape index (κ1) is 15.6. The normalized spacial score (nSPS) is 17.0. The van der Waals surface area contributed by atoms with E-state index in [1.54, 1.807) is 0 Å². The number of piperidine rings is 1. The van der Waals surface area contributed by atoms with Crippen LogP contribution in [0.4, 0.5) is 5.69 Å². The molecule has 2 nitrogen and oxygen atoms in total. The van der Waals surface area contributed by atoms with Gasteiger partial charge in [-0.25, -0.2) is 0 Å². The van der Waals surface area contributed by atoms with Crippen LogP contribution in [0.25, 0.3) is 5.57 Å². The summed E-state index contributed by atoms with van der Waals surface area (Å²) in [6.45, 7) is 12.4. The van der Waals surface area contributed by atoms with Crippen molar-refractivity contribution in [3.63, 3.8) is 0 Å². The lowest BCUT2D eigenvalue weighted by Crippen LogP contribution is -2.30. The SMILES string of the molecule is C=C(C)C(C)=N/C=C(\C)c1ccccc1N1CCCCC1. The van der Waals surface area contributed by atoms with Crippen molar-refractivity contribution in [2.24, 2.45) is 4.99 Å². The van der Waals surface area contributed by atoms with E-state index in [0.717, 1.165) is 11.3 Å². The third-order valence-corrected chi connectivity index (χ3v) is 4.10. The number of hydrogen-bond acceptors (Lipinski definition) is 2. The molecule has 0 N–H and O–H groups in total. The summed E-state index contributed by atoms with van der Waals surface area (Å²) in [6, 6.07) is 8.66. The molecule has 1 fully saturated rings. The van der Waals surface area contributed by atoms with Crippen LogP contribution < -0.4 is 4.90 Å². The molecule has 1 aliphatic heterocycles. The van der Waals surface area contributed by atoms with Gasteiger partial charge in [0.25, 0.3) is 0 Å². The average Bonchev–Trinajstić information content (AvgIpc) is 2.53. The molecule has 21 heavy (non-hydrogen) atoms. The molecule has 0 atom stereocenters. The van der Waals surface area contributed by atoms with Crippen LogP contribution in [0.3, 0.4) is 0 Å². The average molecular weight is 282 g/mol. The third-order valence-electron chi connectivity index (χ3n) is 4.10. The fraction of sp³-hybridized carbons (Fsp3) is 0.421. The summed E-state index contributed by atoms with van der Waals surface area (Å²) in [7, 11) is 0.